The molecule has 0 fully saturated rings. The van der Waals surface area contributed by atoms with Crippen LogP contribution in [0, 0.1) is 11.3 Å². The zero-order valence-corrected chi connectivity index (χ0v) is 15.1. The number of carbonyl (C=O) groups is 1. The van der Waals surface area contributed by atoms with Gasteiger partial charge in [0.25, 0.3) is 5.91 Å². The summed E-state index contributed by atoms with van der Waals surface area (Å²) in [6.07, 6.45) is -2.31. The van der Waals surface area contributed by atoms with Crippen LogP contribution in [-0.4, -0.2) is 32.0 Å². The Balaban J connectivity index is 1.73. The van der Waals surface area contributed by atoms with Crippen LogP contribution in [0.5, 0.6) is 5.75 Å². The van der Waals surface area contributed by atoms with Crippen LogP contribution in [-0.2, 0) is 6.54 Å². The van der Waals surface area contributed by atoms with Crippen LogP contribution in [0.25, 0.3) is 5.82 Å². The molecule has 2 aromatic heterocycles. The van der Waals surface area contributed by atoms with Crippen molar-refractivity contribution in [2.75, 3.05) is 0 Å². The summed E-state index contributed by atoms with van der Waals surface area (Å²) in [7, 11) is 0. The van der Waals surface area contributed by atoms with E-state index in [9.17, 15) is 18.0 Å². The summed E-state index contributed by atoms with van der Waals surface area (Å²) >= 11 is 5.77. The van der Waals surface area contributed by atoms with Gasteiger partial charge in [0, 0.05) is 16.8 Å². The largest absolute Gasteiger partial charge is 0.573 e. The Bertz CT molecular complexity index is 1080. The zero-order valence-electron chi connectivity index (χ0n) is 14.3. The van der Waals surface area contributed by atoms with Crippen LogP contribution >= 0.6 is 11.6 Å². The number of hydrogen-bond donors (Lipinski definition) is 1. The monoisotopic (exact) mass is 422 g/mol. The van der Waals surface area contributed by atoms with Gasteiger partial charge in [0.1, 0.15) is 18.1 Å². The van der Waals surface area contributed by atoms with E-state index in [2.05, 4.69) is 25.1 Å². The van der Waals surface area contributed by atoms with Gasteiger partial charge in [0.05, 0.1) is 12.1 Å². The summed E-state index contributed by atoms with van der Waals surface area (Å²) in [5.74, 6) is -0.624. The maximum absolute atomic E-state index is 12.4. The third-order valence-electron chi connectivity index (χ3n) is 3.49. The van der Waals surface area contributed by atoms with Crippen molar-refractivity contribution in [3.63, 3.8) is 0 Å². The molecule has 0 aliphatic heterocycles. The molecule has 8 nitrogen and oxygen atoms in total. The second-order valence-electron chi connectivity index (χ2n) is 5.51. The number of carbonyl (C=O) groups excluding carboxylic acids is 1. The lowest BCUT2D eigenvalue weighted by atomic mass is 10.2. The van der Waals surface area contributed by atoms with Crippen molar-refractivity contribution in [1.82, 2.24) is 25.1 Å². The molecule has 0 atom stereocenters. The summed E-state index contributed by atoms with van der Waals surface area (Å²) in [4.78, 5) is 20.4. The lowest BCUT2D eigenvalue weighted by Crippen LogP contribution is -2.25. The third kappa shape index (κ3) is 5.20. The van der Waals surface area contributed by atoms with Crippen LogP contribution in [0.4, 0.5) is 13.2 Å². The first-order valence-electron chi connectivity index (χ1n) is 7.85. The topological polar surface area (TPSA) is 106 Å². The highest BCUT2D eigenvalue weighted by Gasteiger charge is 2.31. The van der Waals surface area contributed by atoms with E-state index in [1.54, 1.807) is 12.1 Å². The van der Waals surface area contributed by atoms with E-state index in [1.165, 1.54) is 23.3 Å². The summed E-state index contributed by atoms with van der Waals surface area (Å²) in [5.41, 5.74) is 0.237. The molecule has 0 bridgehead atoms. The van der Waals surface area contributed by atoms with Crippen LogP contribution in [0.15, 0.2) is 42.9 Å². The van der Waals surface area contributed by atoms with Gasteiger partial charge in [-0.1, -0.05) is 11.6 Å². The Hall–Kier alpha value is -3.65. The lowest BCUT2D eigenvalue weighted by molar-refractivity contribution is -0.274. The maximum atomic E-state index is 12.4. The fraction of sp³-hybridized carbons (Fsp3) is 0.118. The molecule has 2 heterocycles. The third-order valence-corrected chi connectivity index (χ3v) is 3.70. The number of benzene rings is 1. The standard InChI is InChI=1S/C17H10ClF3N6O2/c18-12-3-11(4-13(5-12)29-17(19,20)21)16(28)24-8-15-25-9-26-27(15)14-2-1-10(6-22)7-23-14/h1-5,7,9H,8H2,(H,24,28). The first kappa shape index (κ1) is 20.1. The molecular weight excluding hydrogens is 413 g/mol. The van der Waals surface area contributed by atoms with Gasteiger partial charge in [0.15, 0.2) is 11.6 Å². The zero-order chi connectivity index (χ0) is 21.0. The average Bonchev–Trinajstić information content (AvgIpc) is 3.13. The molecule has 29 heavy (non-hydrogen) atoms. The van der Waals surface area contributed by atoms with E-state index >= 15 is 0 Å². The fourth-order valence-electron chi connectivity index (χ4n) is 2.30. The number of nitrogens with zero attached hydrogens (tertiary/aromatic N) is 5. The Morgan fingerprint density at radius 1 is 1.28 bits per heavy atom. The van der Waals surface area contributed by atoms with Gasteiger partial charge in [-0.2, -0.15) is 15.0 Å². The molecule has 3 rings (SSSR count). The Labute approximate surface area is 166 Å². The molecule has 0 radical (unpaired) electrons. The molecule has 12 heteroatoms. The molecule has 0 unspecified atom stereocenters. The number of halogens is 4. The van der Waals surface area contributed by atoms with E-state index in [1.807, 2.05) is 6.07 Å². The highest BCUT2D eigenvalue weighted by Crippen LogP contribution is 2.27. The van der Waals surface area contributed by atoms with Crippen molar-refractivity contribution < 1.29 is 22.7 Å². The van der Waals surface area contributed by atoms with Crippen molar-refractivity contribution in [2.24, 2.45) is 0 Å². The predicted octanol–water partition coefficient (Wildman–Crippen LogP) is 3.02. The molecule has 3 aromatic rings. The number of ether oxygens (including phenoxy) is 1. The molecule has 0 saturated carbocycles. The van der Waals surface area contributed by atoms with Gasteiger partial charge < -0.3 is 10.1 Å². The maximum Gasteiger partial charge on any atom is 0.573 e. The van der Waals surface area contributed by atoms with Crippen LogP contribution in [0.2, 0.25) is 5.02 Å². The molecule has 0 spiro atoms. The molecule has 1 N–H and O–H groups in total. The Morgan fingerprint density at radius 3 is 2.72 bits per heavy atom. The lowest BCUT2D eigenvalue weighted by Gasteiger charge is -2.11. The van der Waals surface area contributed by atoms with Crippen LogP contribution in [0.1, 0.15) is 21.7 Å². The second kappa shape index (κ2) is 8.15. The summed E-state index contributed by atoms with van der Waals surface area (Å²) in [5, 5.41) is 15.2. The normalized spacial score (nSPS) is 11.0. The van der Waals surface area contributed by atoms with Gasteiger partial charge >= 0.3 is 6.36 Å². The minimum atomic E-state index is -4.91. The number of rotatable bonds is 5. The van der Waals surface area contributed by atoms with Gasteiger partial charge in [-0.3, -0.25) is 4.79 Å². The number of hydrogen-bond acceptors (Lipinski definition) is 6. The van der Waals surface area contributed by atoms with Crippen molar-refractivity contribution in [3.05, 3.63) is 64.8 Å². The molecule has 1 aromatic carbocycles. The quantitative estimate of drug-likeness (QED) is 0.677. The number of nitriles is 1. The first-order valence-corrected chi connectivity index (χ1v) is 8.23. The van der Waals surface area contributed by atoms with Gasteiger partial charge in [-0.15, -0.1) is 13.2 Å². The SMILES string of the molecule is N#Cc1ccc(-n2ncnc2CNC(=O)c2cc(Cl)cc(OC(F)(F)F)c2)nc1. The van der Waals surface area contributed by atoms with E-state index in [-0.39, 0.29) is 17.1 Å². The highest BCUT2D eigenvalue weighted by molar-refractivity contribution is 6.31. The first-order chi connectivity index (χ1) is 13.7. The van der Waals surface area contributed by atoms with Gasteiger partial charge in [0.2, 0.25) is 0 Å². The molecular formula is C17H10ClF3N6O2. The molecule has 0 aliphatic rings. The van der Waals surface area contributed by atoms with E-state index in [0.717, 1.165) is 12.1 Å². The van der Waals surface area contributed by atoms with Gasteiger partial charge in [-0.25, -0.2) is 9.97 Å². The summed E-state index contributed by atoms with van der Waals surface area (Å²) < 4.78 is 42.3. The number of nitrogens with one attached hydrogen (secondary N) is 1. The van der Waals surface area contributed by atoms with E-state index in [0.29, 0.717) is 17.2 Å². The van der Waals surface area contributed by atoms with E-state index in [4.69, 9.17) is 16.9 Å². The number of amides is 1. The molecule has 148 valence electrons. The smallest absolute Gasteiger partial charge is 0.406 e. The number of alkyl halides is 3. The van der Waals surface area contributed by atoms with Crippen LogP contribution < -0.4 is 10.1 Å². The number of aromatic nitrogens is 4. The van der Waals surface area contributed by atoms with Gasteiger partial charge in [-0.05, 0) is 30.3 Å². The molecule has 1 amide bonds. The minimum Gasteiger partial charge on any atom is -0.406 e. The Morgan fingerprint density at radius 2 is 2.07 bits per heavy atom. The van der Waals surface area contributed by atoms with E-state index < -0.39 is 18.0 Å². The number of pyridine rings is 1. The summed E-state index contributed by atoms with van der Waals surface area (Å²) in [6.45, 7) is -0.0948. The summed E-state index contributed by atoms with van der Waals surface area (Å²) in [6, 6.07) is 8.10. The van der Waals surface area contributed by atoms with Crippen LogP contribution in [0.3, 0.4) is 0 Å². The molecule has 0 aliphatic carbocycles. The fourth-order valence-corrected chi connectivity index (χ4v) is 2.53. The van der Waals surface area contributed by atoms with Crippen molar-refractivity contribution >= 4 is 17.5 Å². The van der Waals surface area contributed by atoms with Crippen molar-refractivity contribution in [1.29, 1.82) is 5.26 Å². The second-order valence-corrected chi connectivity index (χ2v) is 5.95. The predicted molar refractivity (Wildman–Crippen MR) is 93.2 cm³/mol. The van der Waals surface area contributed by atoms with Crippen molar-refractivity contribution in [3.8, 4) is 17.6 Å². The average molecular weight is 423 g/mol. The van der Waals surface area contributed by atoms with Crippen molar-refractivity contribution in [2.45, 2.75) is 12.9 Å². The minimum absolute atomic E-state index is 0.0948. The molecule has 0 saturated heterocycles. The Kier molecular flexibility index (Phi) is 5.65. The highest BCUT2D eigenvalue weighted by atomic mass is 35.5.